The molecule has 6 nitrogen and oxygen atoms in total. The average Bonchev–Trinajstić information content (AvgIpc) is 2.43. The Bertz CT molecular complexity index is 695. The largest absolute Gasteiger partial charge is 0.417 e. The Labute approximate surface area is 142 Å². The number of alkyl halides is 3. The number of nitrogens with zero attached hydrogens (tertiary/aromatic N) is 1. The number of ether oxygens (including phenoxy) is 1. The number of sulfonamides is 1. The molecule has 0 radical (unpaired) electrons. The van der Waals surface area contributed by atoms with Gasteiger partial charge in [-0.25, -0.2) is 8.42 Å². The van der Waals surface area contributed by atoms with Crippen molar-refractivity contribution in [3.63, 3.8) is 0 Å². The van der Waals surface area contributed by atoms with Crippen molar-refractivity contribution in [1.82, 2.24) is 4.31 Å². The van der Waals surface area contributed by atoms with Crippen LogP contribution in [0.4, 0.5) is 18.9 Å². The zero-order valence-electron chi connectivity index (χ0n) is 12.9. The van der Waals surface area contributed by atoms with Crippen molar-refractivity contribution >= 4 is 33.2 Å². The molecule has 0 aliphatic heterocycles. The first-order valence-corrected chi connectivity index (χ1v) is 8.78. The molecule has 0 spiro atoms. The van der Waals surface area contributed by atoms with Crippen LogP contribution in [0.5, 0.6) is 0 Å². The quantitative estimate of drug-likeness (QED) is 0.777. The van der Waals surface area contributed by atoms with Gasteiger partial charge in [0.2, 0.25) is 15.9 Å². The zero-order valence-corrected chi connectivity index (χ0v) is 14.4. The normalized spacial score (nSPS) is 12.5. The molecule has 0 saturated carbocycles. The number of methoxy groups -OCH3 is 1. The van der Waals surface area contributed by atoms with Crippen LogP contribution >= 0.6 is 11.6 Å². The first-order valence-electron chi connectivity index (χ1n) is 6.56. The summed E-state index contributed by atoms with van der Waals surface area (Å²) in [5, 5.41) is 1.71. The van der Waals surface area contributed by atoms with Gasteiger partial charge in [-0.2, -0.15) is 17.5 Å². The van der Waals surface area contributed by atoms with Gasteiger partial charge < -0.3 is 10.1 Å². The van der Waals surface area contributed by atoms with Gasteiger partial charge in [0.1, 0.15) is 0 Å². The van der Waals surface area contributed by atoms with E-state index in [-0.39, 0.29) is 18.8 Å². The molecule has 1 amide bonds. The summed E-state index contributed by atoms with van der Waals surface area (Å²) in [4.78, 5) is 11.9. The Morgan fingerprint density at radius 1 is 1.38 bits per heavy atom. The van der Waals surface area contributed by atoms with Crippen LogP contribution in [-0.4, -0.2) is 51.7 Å². The highest BCUT2D eigenvalue weighted by Gasteiger charge is 2.33. The Morgan fingerprint density at radius 2 is 2.00 bits per heavy atom. The molecule has 0 fully saturated rings. The minimum Gasteiger partial charge on any atom is -0.383 e. The van der Waals surface area contributed by atoms with Gasteiger partial charge in [0.25, 0.3) is 0 Å². The average molecular weight is 389 g/mol. The van der Waals surface area contributed by atoms with Gasteiger partial charge in [0, 0.05) is 19.3 Å². The molecule has 0 atom stereocenters. The summed E-state index contributed by atoms with van der Waals surface area (Å²) in [6, 6.07) is 2.87. The van der Waals surface area contributed by atoms with Gasteiger partial charge in [-0.3, -0.25) is 4.79 Å². The number of carbonyl (C=O) groups excluding carboxylic acids is 1. The van der Waals surface area contributed by atoms with Crippen LogP contribution in [0.3, 0.4) is 0 Å². The van der Waals surface area contributed by atoms with Crippen molar-refractivity contribution in [2.75, 3.05) is 38.4 Å². The lowest BCUT2D eigenvalue weighted by atomic mass is 10.2. The highest BCUT2D eigenvalue weighted by molar-refractivity contribution is 7.88. The van der Waals surface area contributed by atoms with E-state index in [9.17, 15) is 26.4 Å². The molecule has 1 rings (SSSR count). The summed E-state index contributed by atoms with van der Waals surface area (Å²) < 4.78 is 67.1. The van der Waals surface area contributed by atoms with Crippen LogP contribution in [0.25, 0.3) is 0 Å². The number of nitrogens with one attached hydrogen (secondary N) is 1. The monoisotopic (exact) mass is 388 g/mol. The topological polar surface area (TPSA) is 75.7 Å². The Balaban J connectivity index is 2.87. The van der Waals surface area contributed by atoms with Gasteiger partial charge in [0.15, 0.2) is 0 Å². The molecule has 0 saturated heterocycles. The summed E-state index contributed by atoms with van der Waals surface area (Å²) in [6.45, 7) is -0.539. The molecule has 24 heavy (non-hydrogen) atoms. The lowest BCUT2D eigenvalue weighted by Crippen LogP contribution is -2.39. The van der Waals surface area contributed by atoms with E-state index in [2.05, 4.69) is 5.32 Å². The second-order valence-corrected chi connectivity index (χ2v) is 7.22. The van der Waals surface area contributed by atoms with Crippen LogP contribution in [0.2, 0.25) is 5.02 Å². The summed E-state index contributed by atoms with van der Waals surface area (Å²) in [5.41, 5.74) is -1.24. The summed E-state index contributed by atoms with van der Waals surface area (Å²) in [5.74, 6) is -0.785. The van der Waals surface area contributed by atoms with Crippen LogP contribution < -0.4 is 5.32 Å². The maximum atomic E-state index is 12.8. The van der Waals surface area contributed by atoms with E-state index < -0.39 is 39.2 Å². The molecule has 1 aromatic rings. The summed E-state index contributed by atoms with van der Waals surface area (Å²) in [6.07, 6.45) is -3.75. The van der Waals surface area contributed by atoms with Crippen molar-refractivity contribution in [3.8, 4) is 0 Å². The molecule has 1 aromatic carbocycles. The van der Waals surface area contributed by atoms with Crippen molar-refractivity contribution < 1.29 is 31.1 Å². The van der Waals surface area contributed by atoms with E-state index in [4.69, 9.17) is 16.3 Å². The molecular formula is C13H16ClF3N2O4S. The Hall–Kier alpha value is -1.36. The zero-order chi connectivity index (χ0) is 18.5. The van der Waals surface area contributed by atoms with Crippen LogP contribution in [-0.2, 0) is 25.7 Å². The van der Waals surface area contributed by atoms with Crippen molar-refractivity contribution in [3.05, 3.63) is 28.8 Å². The fourth-order valence-electron chi connectivity index (χ4n) is 1.74. The van der Waals surface area contributed by atoms with E-state index in [0.717, 1.165) is 16.6 Å². The second kappa shape index (κ2) is 8.15. The van der Waals surface area contributed by atoms with Gasteiger partial charge in [-0.05, 0) is 18.2 Å². The Kier molecular flexibility index (Phi) is 7.02. The number of benzene rings is 1. The first-order chi connectivity index (χ1) is 10.9. The van der Waals surface area contributed by atoms with Crippen molar-refractivity contribution in [2.24, 2.45) is 0 Å². The molecule has 136 valence electrons. The Morgan fingerprint density at radius 3 is 2.50 bits per heavy atom. The molecule has 0 aliphatic carbocycles. The standard InChI is InChI=1S/C13H16ClF3N2O4S/c1-23-6-5-19(24(2,21)22)8-12(20)18-9-3-4-11(14)10(7-9)13(15,16)17/h3-4,7H,5-6,8H2,1-2H3,(H,18,20). The maximum absolute atomic E-state index is 12.8. The SMILES string of the molecule is COCCN(CC(=O)Nc1ccc(Cl)c(C(F)(F)F)c1)S(C)(=O)=O. The van der Waals surface area contributed by atoms with Gasteiger partial charge in [-0.1, -0.05) is 11.6 Å². The molecule has 0 heterocycles. The number of amides is 1. The third-order valence-corrected chi connectivity index (χ3v) is 4.47. The highest BCUT2D eigenvalue weighted by atomic mass is 35.5. The van der Waals surface area contributed by atoms with Crippen LogP contribution in [0.15, 0.2) is 18.2 Å². The number of hydrogen-bond donors (Lipinski definition) is 1. The number of carbonyl (C=O) groups is 1. The smallest absolute Gasteiger partial charge is 0.383 e. The molecule has 1 N–H and O–H groups in total. The lowest BCUT2D eigenvalue weighted by molar-refractivity contribution is -0.137. The van der Waals surface area contributed by atoms with Crippen LogP contribution in [0, 0.1) is 0 Å². The summed E-state index contributed by atoms with van der Waals surface area (Å²) in [7, 11) is -2.30. The summed E-state index contributed by atoms with van der Waals surface area (Å²) >= 11 is 5.48. The number of anilines is 1. The maximum Gasteiger partial charge on any atom is 0.417 e. The van der Waals surface area contributed by atoms with E-state index in [1.165, 1.54) is 13.2 Å². The highest BCUT2D eigenvalue weighted by Crippen LogP contribution is 2.36. The molecule has 11 heteroatoms. The van der Waals surface area contributed by atoms with E-state index in [1.54, 1.807) is 0 Å². The number of rotatable bonds is 7. The van der Waals surface area contributed by atoms with Gasteiger partial charge in [0.05, 0.1) is 30.0 Å². The second-order valence-electron chi connectivity index (χ2n) is 4.83. The van der Waals surface area contributed by atoms with Crippen LogP contribution in [0.1, 0.15) is 5.56 Å². The van der Waals surface area contributed by atoms with Gasteiger partial charge >= 0.3 is 6.18 Å². The van der Waals surface area contributed by atoms with Gasteiger partial charge in [-0.15, -0.1) is 0 Å². The van der Waals surface area contributed by atoms with E-state index in [0.29, 0.717) is 6.07 Å². The molecule has 0 bridgehead atoms. The fraction of sp³-hybridized carbons (Fsp3) is 0.462. The van der Waals surface area contributed by atoms with E-state index >= 15 is 0 Å². The van der Waals surface area contributed by atoms with E-state index in [1.807, 2.05) is 0 Å². The molecular weight excluding hydrogens is 373 g/mol. The predicted molar refractivity (Wildman–Crippen MR) is 83.4 cm³/mol. The minimum absolute atomic E-state index is 0.0584. The first kappa shape index (κ1) is 20.7. The predicted octanol–water partition coefficient (Wildman–Crippen LogP) is 2.21. The fourth-order valence-corrected chi connectivity index (χ4v) is 2.72. The third kappa shape index (κ3) is 6.27. The third-order valence-electron chi connectivity index (χ3n) is 2.89. The minimum atomic E-state index is -4.67. The lowest BCUT2D eigenvalue weighted by Gasteiger charge is -2.19. The van der Waals surface area contributed by atoms with Crippen molar-refractivity contribution in [1.29, 1.82) is 0 Å². The molecule has 0 unspecified atom stereocenters. The number of hydrogen-bond acceptors (Lipinski definition) is 4. The van der Waals surface area contributed by atoms with Crippen molar-refractivity contribution in [2.45, 2.75) is 6.18 Å². The molecule has 0 aliphatic rings. The molecule has 0 aromatic heterocycles. The number of halogens is 4.